The van der Waals surface area contributed by atoms with Crippen LogP contribution in [0.1, 0.15) is 16.1 Å². The summed E-state index contributed by atoms with van der Waals surface area (Å²) in [6.07, 6.45) is 3.48. The van der Waals surface area contributed by atoms with E-state index >= 15 is 0 Å². The van der Waals surface area contributed by atoms with E-state index in [0.717, 1.165) is 16.7 Å². The second-order valence-corrected chi connectivity index (χ2v) is 6.11. The van der Waals surface area contributed by atoms with Gasteiger partial charge in [-0.15, -0.1) is 0 Å². The SMILES string of the molecule is Cc1ccc(F)c2cc(C(=O)Nc3cccc(-c4cccnc4)c3)[nH]c12. The summed E-state index contributed by atoms with van der Waals surface area (Å²) in [6, 6.07) is 16.0. The molecule has 5 heteroatoms. The Bertz CT molecular complexity index is 1060. The maximum Gasteiger partial charge on any atom is 0.272 e. The van der Waals surface area contributed by atoms with Gasteiger partial charge in [0.25, 0.3) is 5.91 Å². The molecule has 0 aliphatic carbocycles. The molecule has 0 bridgehead atoms. The van der Waals surface area contributed by atoms with Crippen LogP contribution < -0.4 is 5.32 Å². The fourth-order valence-electron chi connectivity index (χ4n) is 2.96. The number of carbonyl (C=O) groups excluding carboxylic acids is 1. The average molecular weight is 345 g/mol. The molecule has 0 saturated carbocycles. The molecule has 2 aromatic carbocycles. The van der Waals surface area contributed by atoms with Crippen molar-refractivity contribution >= 4 is 22.5 Å². The van der Waals surface area contributed by atoms with Crippen LogP contribution in [0.3, 0.4) is 0 Å². The molecule has 2 heterocycles. The largest absolute Gasteiger partial charge is 0.350 e. The van der Waals surface area contributed by atoms with Gasteiger partial charge in [0.05, 0.1) is 5.52 Å². The first-order valence-electron chi connectivity index (χ1n) is 8.21. The predicted octanol–water partition coefficient (Wildman–Crippen LogP) is 4.93. The molecule has 0 radical (unpaired) electrons. The number of halogens is 1. The number of benzene rings is 2. The van der Waals surface area contributed by atoms with Crippen LogP contribution in [0.2, 0.25) is 0 Å². The van der Waals surface area contributed by atoms with Gasteiger partial charge in [-0.25, -0.2) is 4.39 Å². The second-order valence-electron chi connectivity index (χ2n) is 6.11. The standard InChI is InChI=1S/C21H16FN3O/c1-13-7-8-18(22)17-11-19(25-20(13)17)21(26)24-16-6-2-4-14(10-16)15-5-3-9-23-12-15/h2-12,25H,1H3,(H,24,26). The van der Waals surface area contributed by atoms with E-state index in [4.69, 9.17) is 0 Å². The van der Waals surface area contributed by atoms with Crippen molar-refractivity contribution in [2.75, 3.05) is 5.32 Å². The number of carbonyl (C=O) groups is 1. The van der Waals surface area contributed by atoms with Crippen LogP contribution in [0.25, 0.3) is 22.0 Å². The molecule has 1 amide bonds. The fourth-order valence-corrected chi connectivity index (χ4v) is 2.96. The molecular weight excluding hydrogens is 329 g/mol. The van der Waals surface area contributed by atoms with Crippen molar-refractivity contribution in [3.8, 4) is 11.1 Å². The highest BCUT2D eigenvalue weighted by molar-refractivity contribution is 6.06. The summed E-state index contributed by atoms with van der Waals surface area (Å²) in [7, 11) is 0. The third-order valence-electron chi connectivity index (χ3n) is 4.31. The molecule has 2 N–H and O–H groups in total. The number of hydrogen-bond acceptors (Lipinski definition) is 2. The molecule has 0 fully saturated rings. The predicted molar refractivity (Wildman–Crippen MR) is 101 cm³/mol. The Morgan fingerprint density at radius 1 is 1.08 bits per heavy atom. The van der Waals surface area contributed by atoms with Crippen LogP contribution in [0.4, 0.5) is 10.1 Å². The van der Waals surface area contributed by atoms with Crippen molar-refractivity contribution in [1.82, 2.24) is 9.97 Å². The number of nitrogens with one attached hydrogen (secondary N) is 2. The van der Waals surface area contributed by atoms with Crippen molar-refractivity contribution in [2.24, 2.45) is 0 Å². The number of aromatic amines is 1. The molecule has 4 nitrogen and oxygen atoms in total. The maximum atomic E-state index is 14.0. The van der Waals surface area contributed by atoms with Gasteiger partial charge < -0.3 is 10.3 Å². The Morgan fingerprint density at radius 2 is 1.92 bits per heavy atom. The minimum absolute atomic E-state index is 0.316. The third-order valence-corrected chi connectivity index (χ3v) is 4.31. The van der Waals surface area contributed by atoms with Crippen molar-refractivity contribution in [1.29, 1.82) is 0 Å². The van der Waals surface area contributed by atoms with E-state index in [1.54, 1.807) is 18.5 Å². The monoisotopic (exact) mass is 345 g/mol. The first kappa shape index (κ1) is 16.0. The molecule has 4 aromatic rings. The summed E-state index contributed by atoms with van der Waals surface area (Å²) >= 11 is 0. The second kappa shape index (κ2) is 6.44. The molecule has 26 heavy (non-hydrogen) atoms. The average Bonchev–Trinajstić information content (AvgIpc) is 3.13. The number of pyridine rings is 1. The third kappa shape index (κ3) is 2.95. The van der Waals surface area contributed by atoms with Crippen LogP contribution in [0.15, 0.2) is 67.0 Å². The topological polar surface area (TPSA) is 57.8 Å². The number of aromatic nitrogens is 2. The van der Waals surface area contributed by atoms with Crippen LogP contribution in [0, 0.1) is 12.7 Å². The van der Waals surface area contributed by atoms with E-state index in [0.29, 0.717) is 22.3 Å². The Morgan fingerprint density at radius 3 is 2.69 bits per heavy atom. The number of anilines is 1. The zero-order valence-corrected chi connectivity index (χ0v) is 14.1. The zero-order chi connectivity index (χ0) is 18.1. The number of rotatable bonds is 3. The first-order valence-corrected chi connectivity index (χ1v) is 8.21. The van der Waals surface area contributed by atoms with Gasteiger partial charge in [-0.2, -0.15) is 0 Å². The number of fused-ring (bicyclic) bond motifs is 1. The number of H-pyrrole nitrogens is 1. The van der Waals surface area contributed by atoms with E-state index < -0.39 is 0 Å². The van der Waals surface area contributed by atoms with Gasteiger partial charge in [0.15, 0.2) is 0 Å². The Balaban J connectivity index is 1.63. The van der Waals surface area contributed by atoms with Crippen molar-refractivity contribution in [2.45, 2.75) is 6.92 Å². The van der Waals surface area contributed by atoms with Crippen molar-refractivity contribution < 1.29 is 9.18 Å². The smallest absolute Gasteiger partial charge is 0.272 e. The minimum atomic E-state index is -0.348. The first-order chi connectivity index (χ1) is 12.6. The highest BCUT2D eigenvalue weighted by Crippen LogP contribution is 2.24. The molecule has 4 rings (SSSR count). The van der Waals surface area contributed by atoms with Gasteiger partial charge in [-0.3, -0.25) is 9.78 Å². The van der Waals surface area contributed by atoms with Gasteiger partial charge >= 0.3 is 0 Å². The summed E-state index contributed by atoms with van der Waals surface area (Å²) in [5.74, 6) is -0.664. The molecule has 0 aliphatic heterocycles. The Hall–Kier alpha value is -3.47. The molecule has 0 unspecified atom stereocenters. The molecule has 0 atom stereocenters. The van der Waals surface area contributed by atoms with E-state index in [2.05, 4.69) is 15.3 Å². The molecular formula is C21H16FN3O. The van der Waals surface area contributed by atoms with E-state index in [9.17, 15) is 9.18 Å². The summed E-state index contributed by atoms with van der Waals surface area (Å²) < 4.78 is 14.0. The Kier molecular flexibility index (Phi) is 3.97. The summed E-state index contributed by atoms with van der Waals surface area (Å²) in [6.45, 7) is 1.87. The van der Waals surface area contributed by atoms with Crippen LogP contribution in [0.5, 0.6) is 0 Å². The Labute approximate surface area is 149 Å². The number of nitrogens with zero attached hydrogens (tertiary/aromatic N) is 1. The van der Waals surface area contributed by atoms with Crippen molar-refractivity contribution in [3.05, 3.63) is 84.1 Å². The molecule has 0 spiro atoms. The lowest BCUT2D eigenvalue weighted by Gasteiger charge is -2.07. The highest BCUT2D eigenvalue weighted by Gasteiger charge is 2.13. The van der Waals surface area contributed by atoms with Gasteiger partial charge in [0.2, 0.25) is 0 Å². The molecule has 2 aromatic heterocycles. The van der Waals surface area contributed by atoms with E-state index in [1.807, 2.05) is 43.3 Å². The van der Waals surface area contributed by atoms with Crippen LogP contribution in [-0.2, 0) is 0 Å². The zero-order valence-electron chi connectivity index (χ0n) is 14.1. The number of amides is 1. The molecule has 128 valence electrons. The van der Waals surface area contributed by atoms with Crippen molar-refractivity contribution in [3.63, 3.8) is 0 Å². The lowest BCUT2D eigenvalue weighted by molar-refractivity contribution is 0.102. The summed E-state index contributed by atoms with van der Waals surface area (Å²) in [5, 5.41) is 3.27. The fraction of sp³-hybridized carbons (Fsp3) is 0.0476. The lowest BCUT2D eigenvalue weighted by Crippen LogP contribution is -2.12. The van der Waals surface area contributed by atoms with E-state index in [-0.39, 0.29) is 11.7 Å². The van der Waals surface area contributed by atoms with E-state index in [1.165, 1.54) is 12.1 Å². The molecule has 0 saturated heterocycles. The van der Waals surface area contributed by atoms with Gasteiger partial charge in [0, 0.05) is 29.0 Å². The lowest BCUT2D eigenvalue weighted by atomic mass is 10.1. The van der Waals surface area contributed by atoms with Gasteiger partial charge in [0.1, 0.15) is 11.5 Å². The minimum Gasteiger partial charge on any atom is -0.350 e. The quantitative estimate of drug-likeness (QED) is 0.553. The summed E-state index contributed by atoms with van der Waals surface area (Å²) in [5.41, 5.74) is 4.42. The van der Waals surface area contributed by atoms with Gasteiger partial charge in [-0.1, -0.05) is 24.3 Å². The maximum absolute atomic E-state index is 14.0. The molecule has 0 aliphatic rings. The number of hydrogen-bond donors (Lipinski definition) is 2. The van der Waals surface area contributed by atoms with Crippen LogP contribution in [-0.4, -0.2) is 15.9 Å². The van der Waals surface area contributed by atoms with Gasteiger partial charge in [-0.05, 0) is 48.4 Å². The normalized spacial score (nSPS) is 10.8. The van der Waals surface area contributed by atoms with Crippen LogP contribution >= 0.6 is 0 Å². The number of aryl methyl sites for hydroxylation is 1. The highest BCUT2D eigenvalue weighted by atomic mass is 19.1. The summed E-state index contributed by atoms with van der Waals surface area (Å²) in [4.78, 5) is 19.7.